The van der Waals surface area contributed by atoms with Crippen LogP contribution in [0, 0.1) is 0 Å². The smallest absolute Gasteiger partial charge is 0.144 e. The summed E-state index contributed by atoms with van der Waals surface area (Å²) in [7, 11) is 0. The monoisotopic (exact) mass is 841 g/mol. The molecular formula is C52H35N13. The Labute approximate surface area is 372 Å². The second-order valence-electron chi connectivity index (χ2n) is 15.2. The van der Waals surface area contributed by atoms with Crippen molar-refractivity contribution in [1.82, 2.24) is 44.4 Å². The highest BCUT2D eigenvalue weighted by atomic mass is 15.3. The minimum Gasteiger partial charge on any atom is -0.309 e. The van der Waals surface area contributed by atoms with E-state index in [0.29, 0.717) is 46.5 Å². The molecule has 0 radical (unpaired) electrons. The molecule has 0 N–H and O–H groups in total. The number of benzene rings is 6. The SMILES string of the molecule is c1ccc(N2c3cc(ncn3)N(c3ccccc3)c3cc(ncn3)N(c3ccc4c(c3)c3ccccc3n4-c3ccccc3)c3cc(ncn3)N(c3ccccc3)c3cc2ncn3)cc1. The van der Waals surface area contributed by atoms with Gasteiger partial charge in [0.1, 0.15) is 71.9 Å². The topological polar surface area (TPSA) is 121 Å². The number of hydrogen-bond donors (Lipinski definition) is 0. The normalized spacial score (nSPS) is 12.5. The van der Waals surface area contributed by atoms with E-state index < -0.39 is 0 Å². The predicted octanol–water partition coefficient (Wildman–Crippen LogP) is 12.1. The Bertz CT molecular complexity index is 3350. The molecule has 0 atom stereocenters. The van der Waals surface area contributed by atoms with Crippen LogP contribution in [-0.4, -0.2) is 44.4 Å². The van der Waals surface area contributed by atoms with Crippen molar-refractivity contribution in [2.24, 2.45) is 0 Å². The molecule has 1 aliphatic rings. The maximum Gasteiger partial charge on any atom is 0.144 e. The molecule has 0 saturated heterocycles. The molecule has 12 rings (SSSR count). The zero-order valence-electron chi connectivity index (χ0n) is 34.5. The Balaban J connectivity index is 1.14. The van der Waals surface area contributed by atoms with Gasteiger partial charge in [-0.1, -0.05) is 91.0 Å². The molecule has 6 aromatic carbocycles. The van der Waals surface area contributed by atoms with E-state index >= 15 is 0 Å². The third-order valence-electron chi connectivity index (χ3n) is 11.4. The van der Waals surface area contributed by atoms with Gasteiger partial charge >= 0.3 is 0 Å². The quantitative estimate of drug-likeness (QED) is 0.164. The van der Waals surface area contributed by atoms with E-state index in [4.69, 9.17) is 39.9 Å². The second kappa shape index (κ2) is 15.8. The highest BCUT2D eigenvalue weighted by Crippen LogP contribution is 2.44. The molecule has 0 fully saturated rings. The number of nitrogens with zero attached hydrogens (tertiary/aromatic N) is 13. The van der Waals surface area contributed by atoms with Crippen LogP contribution in [0.1, 0.15) is 0 Å². The fourth-order valence-electron chi connectivity index (χ4n) is 8.54. The Kier molecular flexibility index (Phi) is 9.11. The third-order valence-corrected chi connectivity index (χ3v) is 11.4. The molecule has 13 heteroatoms. The van der Waals surface area contributed by atoms with Crippen molar-refractivity contribution in [3.8, 4) is 5.69 Å². The molecule has 6 heterocycles. The average molecular weight is 842 g/mol. The standard InChI is InChI=1S/C52H35N13/c1-5-15-36(16-6-1)61-43-24-14-13-23-41(43)42-27-40(25-26-44(42)61)65-51-30-49(57-34-59-51)63(38-19-9-3-10-20-38)47-28-45(53-32-55-47)62(37-17-7-2-8-18-37)46-29-48(56-33-54-46)64(39-21-11-4-12-22-39)50-31-52(65)60-35-58-50/h1-35H. The van der Waals surface area contributed by atoms with Gasteiger partial charge < -0.3 is 4.57 Å². The van der Waals surface area contributed by atoms with E-state index in [-0.39, 0.29) is 0 Å². The summed E-state index contributed by atoms with van der Waals surface area (Å²) in [4.78, 5) is 47.2. The summed E-state index contributed by atoms with van der Waals surface area (Å²) in [5.74, 6) is 4.57. The number of anilines is 12. The first-order valence-corrected chi connectivity index (χ1v) is 21.0. The van der Waals surface area contributed by atoms with Gasteiger partial charge in [0.05, 0.1) is 11.0 Å². The maximum atomic E-state index is 4.97. The molecule has 65 heavy (non-hydrogen) atoms. The van der Waals surface area contributed by atoms with Gasteiger partial charge in [-0.15, -0.1) is 0 Å². The van der Waals surface area contributed by atoms with Crippen molar-refractivity contribution < 1.29 is 0 Å². The first-order chi connectivity index (χ1) is 32.2. The summed E-state index contributed by atoms with van der Waals surface area (Å²) >= 11 is 0. The first-order valence-electron chi connectivity index (χ1n) is 21.0. The van der Waals surface area contributed by atoms with E-state index in [2.05, 4.69) is 71.3 Å². The highest BCUT2D eigenvalue weighted by molar-refractivity contribution is 6.10. The Hall–Kier alpha value is -9.36. The second-order valence-corrected chi connectivity index (χ2v) is 15.2. The number of para-hydroxylation sites is 5. The fraction of sp³-hybridized carbons (Fsp3) is 0. The van der Waals surface area contributed by atoms with Gasteiger partial charge in [-0.05, 0) is 72.8 Å². The largest absolute Gasteiger partial charge is 0.309 e. The van der Waals surface area contributed by atoms with Gasteiger partial charge in [0.25, 0.3) is 0 Å². The van der Waals surface area contributed by atoms with Crippen LogP contribution >= 0.6 is 0 Å². The molecule has 0 spiro atoms. The van der Waals surface area contributed by atoms with E-state index in [1.807, 2.05) is 141 Å². The van der Waals surface area contributed by atoms with Crippen LogP contribution in [0.3, 0.4) is 0 Å². The van der Waals surface area contributed by atoms with Gasteiger partial charge in [-0.3, -0.25) is 19.6 Å². The summed E-state index contributed by atoms with van der Waals surface area (Å²) < 4.78 is 2.30. The van der Waals surface area contributed by atoms with Crippen molar-refractivity contribution >= 4 is 91.1 Å². The summed E-state index contributed by atoms with van der Waals surface area (Å²) in [6, 6.07) is 63.2. The van der Waals surface area contributed by atoms with Crippen LogP contribution in [0.25, 0.3) is 27.5 Å². The van der Waals surface area contributed by atoms with Crippen LogP contribution < -0.4 is 19.6 Å². The molecular weight excluding hydrogens is 807 g/mol. The summed E-state index contributed by atoms with van der Waals surface area (Å²) in [6.07, 6.45) is 6.27. The Morgan fingerprint density at radius 3 is 0.923 bits per heavy atom. The van der Waals surface area contributed by atoms with Crippen LogP contribution in [0.15, 0.2) is 213 Å². The molecule has 8 bridgehead atoms. The van der Waals surface area contributed by atoms with Gasteiger partial charge in [0, 0.05) is 63.5 Å². The van der Waals surface area contributed by atoms with Crippen molar-refractivity contribution in [3.63, 3.8) is 0 Å². The van der Waals surface area contributed by atoms with E-state index in [1.54, 1.807) is 25.3 Å². The predicted molar refractivity (Wildman–Crippen MR) is 255 cm³/mol. The minimum atomic E-state index is 0.564. The molecule has 0 unspecified atom stereocenters. The van der Waals surface area contributed by atoms with Crippen molar-refractivity contribution in [1.29, 1.82) is 0 Å². The zero-order chi connectivity index (χ0) is 43.1. The zero-order valence-corrected chi connectivity index (χ0v) is 34.5. The van der Waals surface area contributed by atoms with Crippen LogP contribution in [0.5, 0.6) is 0 Å². The third kappa shape index (κ3) is 6.67. The summed E-state index contributed by atoms with van der Waals surface area (Å²) in [5.41, 5.74) is 6.58. The lowest BCUT2D eigenvalue weighted by Crippen LogP contribution is -2.20. The lowest BCUT2D eigenvalue weighted by atomic mass is 10.1. The molecule has 0 aliphatic carbocycles. The molecule has 5 aromatic heterocycles. The van der Waals surface area contributed by atoms with E-state index in [1.165, 1.54) is 0 Å². The van der Waals surface area contributed by atoms with Gasteiger partial charge in [0.2, 0.25) is 0 Å². The number of aromatic nitrogens is 9. The maximum absolute atomic E-state index is 4.97. The van der Waals surface area contributed by atoms with Crippen LogP contribution in [0.4, 0.5) is 69.3 Å². The fourth-order valence-corrected chi connectivity index (χ4v) is 8.54. The Morgan fingerprint density at radius 1 is 0.231 bits per heavy atom. The van der Waals surface area contributed by atoms with Crippen LogP contribution in [-0.2, 0) is 0 Å². The number of rotatable bonds is 5. The van der Waals surface area contributed by atoms with Crippen molar-refractivity contribution in [2.75, 3.05) is 19.6 Å². The Morgan fingerprint density at radius 2 is 0.538 bits per heavy atom. The van der Waals surface area contributed by atoms with Crippen molar-refractivity contribution in [3.05, 3.63) is 213 Å². The van der Waals surface area contributed by atoms with Gasteiger partial charge in [-0.25, -0.2) is 39.9 Å². The molecule has 1 aliphatic heterocycles. The minimum absolute atomic E-state index is 0.564. The van der Waals surface area contributed by atoms with Crippen molar-refractivity contribution in [2.45, 2.75) is 0 Å². The summed E-state index contributed by atoms with van der Waals surface area (Å²) in [6.45, 7) is 0. The lowest BCUT2D eigenvalue weighted by Gasteiger charge is -2.29. The molecule has 11 aromatic rings. The highest BCUT2D eigenvalue weighted by Gasteiger charge is 2.27. The number of hydrogen-bond acceptors (Lipinski definition) is 12. The average Bonchev–Trinajstić information content (AvgIpc) is 3.70. The lowest BCUT2D eigenvalue weighted by molar-refractivity contribution is 1.01. The molecule has 13 nitrogen and oxygen atoms in total. The summed E-state index contributed by atoms with van der Waals surface area (Å²) in [5, 5.41) is 2.18. The molecule has 0 amide bonds. The van der Waals surface area contributed by atoms with E-state index in [9.17, 15) is 0 Å². The first kappa shape index (κ1) is 37.4. The van der Waals surface area contributed by atoms with Crippen LogP contribution in [0.2, 0.25) is 0 Å². The molecule has 308 valence electrons. The van der Waals surface area contributed by atoms with Gasteiger partial charge in [-0.2, -0.15) is 0 Å². The van der Waals surface area contributed by atoms with Gasteiger partial charge in [0.15, 0.2) is 0 Å². The number of fused-ring (bicyclic) bond motifs is 11. The van der Waals surface area contributed by atoms with E-state index in [0.717, 1.165) is 50.2 Å². The molecule has 0 saturated carbocycles.